The Bertz CT molecular complexity index is 611. The van der Waals surface area contributed by atoms with Crippen molar-refractivity contribution in [3.05, 3.63) is 29.6 Å². The molecule has 1 aromatic rings. The van der Waals surface area contributed by atoms with Crippen LogP contribution in [0.15, 0.2) is 18.2 Å². The summed E-state index contributed by atoms with van der Waals surface area (Å²) in [5.41, 5.74) is 0.258. The van der Waals surface area contributed by atoms with E-state index in [1.165, 1.54) is 12.1 Å². The second-order valence-electron chi connectivity index (χ2n) is 6.69. The highest BCUT2D eigenvalue weighted by molar-refractivity contribution is 5.68. The van der Waals surface area contributed by atoms with Crippen LogP contribution in [0.1, 0.15) is 39.2 Å². The Morgan fingerprint density at radius 2 is 2.04 bits per heavy atom. The van der Waals surface area contributed by atoms with Crippen molar-refractivity contribution in [1.29, 1.82) is 5.26 Å². The lowest BCUT2D eigenvalue weighted by Crippen LogP contribution is -2.44. The minimum absolute atomic E-state index is 0.0289. The molecule has 0 aromatic heterocycles. The zero-order valence-electron chi connectivity index (χ0n) is 13.7. The second-order valence-corrected chi connectivity index (χ2v) is 6.69. The number of amides is 1. The van der Waals surface area contributed by atoms with E-state index in [1.807, 2.05) is 26.8 Å². The topological polar surface area (TPSA) is 65.4 Å². The third kappa shape index (κ3) is 4.85. The van der Waals surface area contributed by atoms with Crippen LogP contribution in [0.25, 0.3) is 0 Å². The van der Waals surface area contributed by atoms with Crippen molar-refractivity contribution in [3.8, 4) is 6.07 Å². The minimum Gasteiger partial charge on any atom is -0.444 e. The molecule has 23 heavy (non-hydrogen) atoms. The van der Waals surface area contributed by atoms with E-state index in [0.717, 1.165) is 18.5 Å². The van der Waals surface area contributed by atoms with Crippen LogP contribution in [0.4, 0.5) is 14.9 Å². The van der Waals surface area contributed by atoms with Crippen molar-refractivity contribution in [1.82, 2.24) is 4.90 Å². The van der Waals surface area contributed by atoms with Crippen molar-refractivity contribution < 1.29 is 13.9 Å². The van der Waals surface area contributed by atoms with E-state index in [0.29, 0.717) is 13.1 Å². The largest absolute Gasteiger partial charge is 0.444 e. The van der Waals surface area contributed by atoms with Gasteiger partial charge in [-0.05, 0) is 51.8 Å². The number of hydrogen-bond acceptors (Lipinski definition) is 4. The van der Waals surface area contributed by atoms with Gasteiger partial charge in [-0.3, -0.25) is 0 Å². The Morgan fingerprint density at radius 3 is 2.61 bits per heavy atom. The number of benzene rings is 1. The van der Waals surface area contributed by atoms with Crippen LogP contribution in [0.3, 0.4) is 0 Å². The fourth-order valence-corrected chi connectivity index (χ4v) is 2.47. The molecule has 1 amide bonds. The predicted molar refractivity (Wildman–Crippen MR) is 85.6 cm³/mol. The molecule has 0 saturated carbocycles. The molecule has 1 fully saturated rings. The van der Waals surface area contributed by atoms with Gasteiger partial charge in [-0.2, -0.15) is 5.26 Å². The van der Waals surface area contributed by atoms with Crippen LogP contribution in [-0.4, -0.2) is 35.7 Å². The van der Waals surface area contributed by atoms with Crippen LogP contribution in [0, 0.1) is 17.1 Å². The molecule has 1 saturated heterocycles. The van der Waals surface area contributed by atoms with E-state index in [4.69, 9.17) is 10.00 Å². The highest BCUT2D eigenvalue weighted by Gasteiger charge is 2.26. The fraction of sp³-hybridized carbons (Fsp3) is 0.529. The lowest BCUT2D eigenvalue weighted by atomic mass is 10.0. The molecule has 0 bridgehead atoms. The first kappa shape index (κ1) is 17.1. The number of carbonyl (C=O) groups excluding carboxylic acids is 1. The molecule has 0 spiro atoms. The Kier molecular flexibility index (Phi) is 5.09. The van der Waals surface area contributed by atoms with Crippen molar-refractivity contribution in [2.45, 2.75) is 45.3 Å². The Labute approximate surface area is 136 Å². The second kappa shape index (κ2) is 6.86. The van der Waals surface area contributed by atoms with Gasteiger partial charge < -0.3 is 15.0 Å². The van der Waals surface area contributed by atoms with E-state index in [-0.39, 0.29) is 17.7 Å². The van der Waals surface area contributed by atoms with Crippen LogP contribution < -0.4 is 5.32 Å². The number of hydrogen-bond donors (Lipinski definition) is 1. The number of likely N-dealkylation sites (tertiary alicyclic amines) is 1. The van der Waals surface area contributed by atoms with E-state index in [2.05, 4.69) is 5.32 Å². The normalized spacial score (nSPS) is 15.9. The Hall–Kier alpha value is -2.29. The maximum Gasteiger partial charge on any atom is 0.410 e. The molecule has 2 rings (SSSR count). The Morgan fingerprint density at radius 1 is 1.39 bits per heavy atom. The van der Waals surface area contributed by atoms with E-state index < -0.39 is 11.4 Å². The predicted octanol–water partition coefficient (Wildman–Crippen LogP) is 3.51. The molecule has 0 radical (unpaired) electrons. The van der Waals surface area contributed by atoms with Crippen molar-refractivity contribution in [2.24, 2.45) is 0 Å². The summed E-state index contributed by atoms with van der Waals surface area (Å²) in [5, 5.41) is 12.2. The van der Waals surface area contributed by atoms with Crippen LogP contribution in [0.2, 0.25) is 0 Å². The summed E-state index contributed by atoms with van der Waals surface area (Å²) < 4.78 is 18.7. The van der Waals surface area contributed by atoms with Crippen LogP contribution in [-0.2, 0) is 4.74 Å². The van der Waals surface area contributed by atoms with Gasteiger partial charge in [-0.1, -0.05) is 0 Å². The van der Waals surface area contributed by atoms with Gasteiger partial charge in [-0.15, -0.1) is 0 Å². The number of piperidine rings is 1. The highest BCUT2D eigenvalue weighted by Crippen LogP contribution is 2.20. The maximum absolute atomic E-state index is 13.3. The van der Waals surface area contributed by atoms with Crippen LogP contribution in [0.5, 0.6) is 0 Å². The molecule has 6 heteroatoms. The number of halogens is 1. The first-order valence-corrected chi connectivity index (χ1v) is 7.72. The molecule has 1 aliphatic rings. The lowest BCUT2D eigenvalue weighted by Gasteiger charge is -2.34. The zero-order valence-corrected chi connectivity index (χ0v) is 13.7. The molecule has 0 aliphatic carbocycles. The summed E-state index contributed by atoms with van der Waals surface area (Å²) in [5.74, 6) is -0.516. The average molecular weight is 319 g/mol. The summed E-state index contributed by atoms with van der Waals surface area (Å²) in [6.07, 6.45) is 1.27. The summed E-state index contributed by atoms with van der Waals surface area (Å²) in [4.78, 5) is 13.7. The maximum atomic E-state index is 13.3. The van der Waals surface area contributed by atoms with Crippen molar-refractivity contribution >= 4 is 11.8 Å². The third-order valence-corrected chi connectivity index (χ3v) is 3.60. The number of ether oxygens (including phenoxy) is 1. The molecule has 1 heterocycles. The van der Waals surface area contributed by atoms with Gasteiger partial charge in [0.1, 0.15) is 17.5 Å². The molecule has 1 aliphatic heterocycles. The molecule has 0 atom stereocenters. The fourth-order valence-electron chi connectivity index (χ4n) is 2.47. The summed E-state index contributed by atoms with van der Waals surface area (Å²) in [7, 11) is 0. The van der Waals surface area contributed by atoms with Gasteiger partial charge in [0.05, 0.1) is 5.56 Å². The van der Waals surface area contributed by atoms with E-state index >= 15 is 0 Å². The van der Waals surface area contributed by atoms with E-state index in [9.17, 15) is 9.18 Å². The minimum atomic E-state index is -0.516. The summed E-state index contributed by atoms with van der Waals surface area (Å²) in [6, 6.07) is 6.44. The van der Waals surface area contributed by atoms with Gasteiger partial charge in [0.2, 0.25) is 0 Å². The summed E-state index contributed by atoms with van der Waals surface area (Å²) >= 11 is 0. The number of nitrogens with zero attached hydrogens (tertiary/aromatic N) is 2. The number of anilines is 1. The third-order valence-electron chi connectivity index (χ3n) is 3.60. The highest BCUT2D eigenvalue weighted by atomic mass is 19.1. The lowest BCUT2D eigenvalue weighted by molar-refractivity contribution is 0.0210. The SMILES string of the molecule is CC(C)(C)OC(=O)N1CCC(Nc2ccc(F)c(C#N)c2)CC1. The summed E-state index contributed by atoms with van der Waals surface area (Å²) in [6.45, 7) is 6.76. The number of nitrogens with one attached hydrogen (secondary N) is 1. The zero-order chi connectivity index (χ0) is 17.0. The first-order chi connectivity index (χ1) is 10.8. The van der Waals surface area contributed by atoms with Crippen molar-refractivity contribution in [3.63, 3.8) is 0 Å². The average Bonchev–Trinajstić information content (AvgIpc) is 2.48. The smallest absolute Gasteiger partial charge is 0.410 e. The molecule has 0 unspecified atom stereocenters. The standard InChI is InChI=1S/C17H22FN3O2/c1-17(2,3)23-16(22)21-8-6-13(7-9-21)20-14-4-5-15(18)12(10-14)11-19/h4-5,10,13,20H,6-9H2,1-3H3. The quantitative estimate of drug-likeness (QED) is 0.906. The van der Waals surface area contributed by atoms with Gasteiger partial charge in [0, 0.05) is 24.8 Å². The Balaban J connectivity index is 1.88. The van der Waals surface area contributed by atoms with Gasteiger partial charge in [0.15, 0.2) is 0 Å². The number of carbonyl (C=O) groups is 1. The molecular formula is C17H22FN3O2. The van der Waals surface area contributed by atoms with E-state index in [1.54, 1.807) is 11.0 Å². The van der Waals surface area contributed by atoms with Gasteiger partial charge >= 0.3 is 6.09 Å². The molecule has 1 N–H and O–H groups in total. The molecular weight excluding hydrogens is 297 g/mol. The monoisotopic (exact) mass is 319 g/mol. The molecule has 1 aromatic carbocycles. The van der Waals surface area contributed by atoms with Crippen molar-refractivity contribution in [2.75, 3.05) is 18.4 Å². The van der Waals surface area contributed by atoms with Crippen LogP contribution >= 0.6 is 0 Å². The first-order valence-electron chi connectivity index (χ1n) is 7.72. The molecule has 5 nitrogen and oxygen atoms in total. The van der Waals surface area contributed by atoms with Gasteiger partial charge in [0.25, 0.3) is 0 Å². The number of rotatable bonds is 2. The number of nitriles is 1. The van der Waals surface area contributed by atoms with Gasteiger partial charge in [-0.25, -0.2) is 9.18 Å². The molecule has 124 valence electrons.